The third-order valence-electron chi connectivity index (χ3n) is 3.87. The molecular formula is C20H19N7. The Labute approximate surface area is 157 Å². The lowest BCUT2D eigenvalue weighted by Crippen LogP contribution is -2.11. The second-order valence-electron chi connectivity index (χ2n) is 6.40. The number of hydrogen-bond acceptors (Lipinski definition) is 5. The second kappa shape index (κ2) is 8.19. The van der Waals surface area contributed by atoms with Crippen molar-refractivity contribution in [1.82, 2.24) is 14.9 Å². The lowest BCUT2D eigenvalue weighted by molar-refractivity contribution is 0.402. The van der Waals surface area contributed by atoms with Crippen molar-refractivity contribution in [3.05, 3.63) is 69.7 Å². The maximum atomic E-state index is 8.59. The van der Waals surface area contributed by atoms with Gasteiger partial charge < -0.3 is 10.2 Å². The van der Waals surface area contributed by atoms with E-state index < -0.39 is 0 Å². The van der Waals surface area contributed by atoms with Gasteiger partial charge in [-0.05, 0) is 61.1 Å². The summed E-state index contributed by atoms with van der Waals surface area (Å²) < 4.78 is 0. The van der Waals surface area contributed by atoms with E-state index >= 15 is 0 Å². The topological polar surface area (TPSA) is 89.8 Å². The minimum Gasteiger partial charge on any atom is -0.324 e. The van der Waals surface area contributed by atoms with Crippen LogP contribution in [0.1, 0.15) is 16.7 Å². The molecule has 0 amide bonds. The maximum absolute atomic E-state index is 8.59. The number of rotatable bonds is 6. The van der Waals surface area contributed by atoms with Crippen LogP contribution in [0.4, 0.5) is 11.6 Å². The lowest BCUT2D eigenvalue weighted by atomic mass is 10.1. The highest BCUT2D eigenvalue weighted by Gasteiger charge is 2.06. The van der Waals surface area contributed by atoms with E-state index in [0.717, 1.165) is 39.8 Å². The Balaban J connectivity index is 1.92. The highest BCUT2D eigenvalue weighted by atomic mass is 15.1. The number of nitrogens with one attached hydrogen (secondary N) is 1. The molecule has 0 bridgehead atoms. The van der Waals surface area contributed by atoms with Crippen LogP contribution in [0, 0.1) is 12.3 Å². The number of terminal acetylenes is 1. The van der Waals surface area contributed by atoms with Crippen molar-refractivity contribution in [2.24, 2.45) is 5.11 Å². The highest BCUT2D eigenvalue weighted by molar-refractivity contribution is 5.80. The Hall–Kier alpha value is -3.59. The zero-order chi connectivity index (χ0) is 19.2. The summed E-state index contributed by atoms with van der Waals surface area (Å²) in [4.78, 5) is 13.8. The van der Waals surface area contributed by atoms with Crippen molar-refractivity contribution in [2.75, 3.05) is 19.4 Å². The number of nitrogens with zero attached hydrogens (tertiary/aromatic N) is 6. The fourth-order valence-electron chi connectivity index (χ4n) is 2.81. The monoisotopic (exact) mass is 357 g/mol. The molecule has 0 atom stereocenters. The van der Waals surface area contributed by atoms with Gasteiger partial charge in [-0.1, -0.05) is 17.1 Å². The van der Waals surface area contributed by atoms with Gasteiger partial charge in [0.25, 0.3) is 0 Å². The second-order valence-corrected chi connectivity index (χ2v) is 6.40. The molecular weight excluding hydrogens is 338 g/mol. The van der Waals surface area contributed by atoms with Gasteiger partial charge in [0.15, 0.2) is 0 Å². The molecule has 0 aliphatic rings. The third kappa shape index (κ3) is 4.73. The first kappa shape index (κ1) is 18.2. The molecule has 0 unspecified atom stereocenters. The first-order chi connectivity index (χ1) is 13.1. The van der Waals surface area contributed by atoms with E-state index in [4.69, 9.17) is 12.0 Å². The Morgan fingerprint density at radius 1 is 1.22 bits per heavy atom. The van der Waals surface area contributed by atoms with Crippen molar-refractivity contribution < 1.29 is 0 Å². The SMILES string of the molecule is C#Cc1ccc2nc(Nc3cc(CN=[N+]=[N-])cc(CN(C)C)c3)ncc2c1. The van der Waals surface area contributed by atoms with E-state index in [1.54, 1.807) is 6.20 Å². The minimum atomic E-state index is 0.292. The predicted octanol–water partition coefficient (Wildman–Crippen LogP) is 4.23. The van der Waals surface area contributed by atoms with Gasteiger partial charge in [0.05, 0.1) is 12.1 Å². The van der Waals surface area contributed by atoms with Crippen LogP contribution in [0.3, 0.4) is 0 Å². The molecule has 0 aliphatic carbocycles. The molecule has 0 fully saturated rings. The van der Waals surface area contributed by atoms with E-state index in [2.05, 4.69) is 36.1 Å². The van der Waals surface area contributed by atoms with Gasteiger partial charge in [-0.25, -0.2) is 9.97 Å². The molecule has 0 spiro atoms. The van der Waals surface area contributed by atoms with Crippen LogP contribution in [-0.4, -0.2) is 29.0 Å². The molecule has 1 heterocycles. The molecule has 0 saturated carbocycles. The van der Waals surface area contributed by atoms with Gasteiger partial charge in [-0.2, -0.15) is 0 Å². The molecule has 1 aromatic heterocycles. The molecule has 7 heteroatoms. The van der Waals surface area contributed by atoms with Crippen molar-refractivity contribution in [3.8, 4) is 12.3 Å². The molecule has 1 N–H and O–H groups in total. The van der Waals surface area contributed by atoms with Gasteiger partial charge in [0.2, 0.25) is 5.95 Å². The molecule has 0 aliphatic heterocycles. The molecule has 134 valence electrons. The zero-order valence-electron chi connectivity index (χ0n) is 15.2. The van der Waals surface area contributed by atoms with Gasteiger partial charge >= 0.3 is 0 Å². The van der Waals surface area contributed by atoms with Crippen molar-refractivity contribution in [1.29, 1.82) is 0 Å². The predicted molar refractivity (Wildman–Crippen MR) is 107 cm³/mol. The number of benzene rings is 2. The number of anilines is 2. The fraction of sp³-hybridized carbons (Fsp3) is 0.200. The smallest absolute Gasteiger partial charge is 0.227 e. The summed E-state index contributed by atoms with van der Waals surface area (Å²) in [6.07, 6.45) is 7.18. The van der Waals surface area contributed by atoms with Crippen LogP contribution in [0.5, 0.6) is 0 Å². The van der Waals surface area contributed by atoms with Crippen LogP contribution >= 0.6 is 0 Å². The van der Waals surface area contributed by atoms with E-state index in [1.165, 1.54) is 0 Å². The summed E-state index contributed by atoms with van der Waals surface area (Å²) in [5, 5.41) is 7.79. The van der Waals surface area contributed by atoms with Crippen molar-refractivity contribution in [3.63, 3.8) is 0 Å². The van der Waals surface area contributed by atoms with Crippen LogP contribution in [-0.2, 0) is 13.1 Å². The average molecular weight is 357 g/mol. The molecule has 2 aromatic carbocycles. The van der Waals surface area contributed by atoms with Gasteiger partial charge in [-0.15, -0.1) is 6.42 Å². The molecule has 0 saturated heterocycles. The van der Waals surface area contributed by atoms with Crippen LogP contribution in [0.15, 0.2) is 47.7 Å². The van der Waals surface area contributed by atoms with Gasteiger partial charge in [0, 0.05) is 34.3 Å². The normalized spacial score (nSPS) is 10.4. The van der Waals surface area contributed by atoms with Crippen molar-refractivity contribution in [2.45, 2.75) is 13.1 Å². The van der Waals surface area contributed by atoms with E-state index in [1.807, 2.05) is 50.5 Å². The quantitative estimate of drug-likeness (QED) is 0.309. The van der Waals surface area contributed by atoms with Crippen molar-refractivity contribution >= 4 is 22.5 Å². The van der Waals surface area contributed by atoms with Gasteiger partial charge in [0.1, 0.15) is 0 Å². The largest absolute Gasteiger partial charge is 0.324 e. The maximum Gasteiger partial charge on any atom is 0.227 e. The summed E-state index contributed by atoms with van der Waals surface area (Å²) in [6, 6.07) is 11.6. The Morgan fingerprint density at radius 2 is 2.04 bits per heavy atom. The Kier molecular flexibility index (Phi) is 5.53. The molecule has 3 aromatic rings. The standard InChI is InChI=1S/C20H19N7/c1-4-14-5-6-19-17(8-14)12-22-20(25-19)24-18-9-15(11-23-26-21)7-16(10-18)13-27(2)3/h1,5-10,12H,11,13H2,2-3H3,(H,22,24,25). The molecule has 7 nitrogen and oxygen atoms in total. The first-order valence-electron chi connectivity index (χ1n) is 8.36. The molecule has 27 heavy (non-hydrogen) atoms. The van der Waals surface area contributed by atoms with E-state index in [9.17, 15) is 0 Å². The van der Waals surface area contributed by atoms with Crippen LogP contribution in [0.2, 0.25) is 0 Å². The average Bonchev–Trinajstić information content (AvgIpc) is 2.65. The third-order valence-corrected chi connectivity index (χ3v) is 3.87. The van der Waals surface area contributed by atoms with E-state index in [0.29, 0.717) is 12.5 Å². The number of fused-ring (bicyclic) bond motifs is 1. The van der Waals surface area contributed by atoms with Crippen LogP contribution in [0.25, 0.3) is 21.3 Å². The summed E-state index contributed by atoms with van der Waals surface area (Å²) >= 11 is 0. The van der Waals surface area contributed by atoms with E-state index in [-0.39, 0.29) is 0 Å². The summed E-state index contributed by atoms with van der Waals surface area (Å²) in [7, 11) is 4.01. The lowest BCUT2D eigenvalue weighted by Gasteiger charge is -2.14. The molecule has 0 radical (unpaired) electrons. The van der Waals surface area contributed by atoms with Gasteiger partial charge in [-0.3, -0.25) is 0 Å². The first-order valence-corrected chi connectivity index (χ1v) is 8.36. The number of azide groups is 1. The summed E-state index contributed by atoms with van der Waals surface area (Å²) in [5.74, 6) is 3.10. The molecule has 3 rings (SSSR count). The fourth-order valence-corrected chi connectivity index (χ4v) is 2.81. The summed E-state index contributed by atoms with van der Waals surface area (Å²) in [5.41, 5.74) is 13.1. The summed E-state index contributed by atoms with van der Waals surface area (Å²) in [6.45, 7) is 1.06. The minimum absolute atomic E-state index is 0.292. The Morgan fingerprint density at radius 3 is 2.78 bits per heavy atom. The Bertz CT molecular complexity index is 1060. The highest BCUT2D eigenvalue weighted by Crippen LogP contribution is 2.21. The number of hydrogen-bond donors (Lipinski definition) is 1. The number of aromatic nitrogens is 2. The zero-order valence-corrected chi connectivity index (χ0v) is 15.2. The van der Waals surface area contributed by atoms with Crippen LogP contribution < -0.4 is 5.32 Å².